The number of amides is 2. The molecule has 4 heterocycles. The van der Waals surface area contributed by atoms with E-state index in [0.717, 1.165) is 47.9 Å². The van der Waals surface area contributed by atoms with Gasteiger partial charge in [-0.3, -0.25) is 14.6 Å². The van der Waals surface area contributed by atoms with Gasteiger partial charge in [0.25, 0.3) is 5.91 Å². The van der Waals surface area contributed by atoms with Crippen LogP contribution in [0, 0.1) is 29.0 Å². The second-order valence-electron chi connectivity index (χ2n) is 11.9. The second kappa shape index (κ2) is 8.97. The average Bonchev–Trinajstić information content (AvgIpc) is 3.33. The summed E-state index contributed by atoms with van der Waals surface area (Å²) in [5.74, 6) is 2.11. The van der Waals surface area contributed by atoms with Crippen LogP contribution in [-0.4, -0.2) is 50.8 Å². The summed E-state index contributed by atoms with van der Waals surface area (Å²) in [5.41, 5.74) is 1.52. The number of rotatable bonds is 6. The number of likely N-dealkylation sites (tertiary alicyclic amines) is 1. The fourth-order valence-corrected chi connectivity index (χ4v) is 8.44. The number of halogens is 1. The quantitative estimate of drug-likeness (QED) is 0.481. The van der Waals surface area contributed by atoms with Crippen LogP contribution < -0.4 is 10.6 Å². The molecule has 1 saturated heterocycles. The molecule has 3 aromatic rings. The first-order chi connectivity index (χ1) is 18.3. The van der Waals surface area contributed by atoms with E-state index in [4.69, 9.17) is 0 Å². The van der Waals surface area contributed by atoms with Crippen LogP contribution in [0.3, 0.4) is 0 Å². The number of hydrogen-bond acceptors (Lipinski definition) is 7. The summed E-state index contributed by atoms with van der Waals surface area (Å²) >= 11 is 1.43. The molecule has 2 N–H and O–H groups in total. The lowest BCUT2D eigenvalue weighted by atomic mass is 9.49. The summed E-state index contributed by atoms with van der Waals surface area (Å²) in [5, 5.41) is 8.37. The third-order valence-electron chi connectivity index (χ3n) is 9.10. The molecule has 4 saturated carbocycles. The van der Waals surface area contributed by atoms with Crippen molar-refractivity contribution >= 4 is 39.3 Å². The highest BCUT2D eigenvalue weighted by atomic mass is 32.1. The summed E-state index contributed by atoms with van der Waals surface area (Å²) in [6.45, 7) is 2.84. The molecule has 2 amide bonds. The number of pyridine rings is 1. The number of carbonyl (C=O) groups excluding carboxylic acids is 2. The minimum atomic E-state index is -0.413. The molecule has 10 heteroatoms. The molecule has 4 aliphatic carbocycles. The van der Waals surface area contributed by atoms with Crippen LogP contribution in [0.25, 0.3) is 10.2 Å². The van der Waals surface area contributed by atoms with Gasteiger partial charge in [-0.2, -0.15) is 0 Å². The molecule has 1 unspecified atom stereocenters. The van der Waals surface area contributed by atoms with E-state index in [1.807, 2.05) is 18.4 Å². The van der Waals surface area contributed by atoms with Crippen molar-refractivity contribution in [3.05, 3.63) is 47.0 Å². The van der Waals surface area contributed by atoms with Crippen molar-refractivity contribution in [3.63, 3.8) is 0 Å². The summed E-state index contributed by atoms with van der Waals surface area (Å²) in [6.07, 6.45) is 9.79. The largest absolute Gasteiger partial charge is 0.349 e. The Kier molecular flexibility index (Phi) is 5.65. The van der Waals surface area contributed by atoms with Gasteiger partial charge in [0.05, 0.1) is 28.5 Å². The van der Waals surface area contributed by atoms with E-state index in [1.165, 1.54) is 36.7 Å². The molecule has 8 rings (SSSR count). The van der Waals surface area contributed by atoms with Crippen molar-refractivity contribution in [3.8, 4) is 0 Å². The smallest absolute Gasteiger partial charge is 0.274 e. The lowest BCUT2D eigenvalue weighted by Gasteiger charge is -2.56. The van der Waals surface area contributed by atoms with E-state index in [2.05, 4.69) is 25.6 Å². The summed E-state index contributed by atoms with van der Waals surface area (Å²) in [6, 6.07) is 2.96. The molecule has 0 radical (unpaired) electrons. The van der Waals surface area contributed by atoms with E-state index < -0.39 is 5.82 Å². The Labute approximate surface area is 224 Å². The van der Waals surface area contributed by atoms with Crippen LogP contribution in [0.4, 0.5) is 10.3 Å². The third kappa shape index (κ3) is 4.13. The number of aromatic nitrogens is 3. The number of fused-ring (bicyclic) bond motifs is 1. The topological polar surface area (TPSA) is 100 Å². The van der Waals surface area contributed by atoms with Crippen LogP contribution in [0.5, 0.6) is 0 Å². The van der Waals surface area contributed by atoms with Crippen molar-refractivity contribution in [2.45, 2.75) is 57.5 Å². The average molecular weight is 535 g/mol. The Bertz CT molecular complexity index is 1380. The number of nitrogens with one attached hydrogen (secondary N) is 2. The van der Waals surface area contributed by atoms with Gasteiger partial charge in [0.2, 0.25) is 11.9 Å². The predicted octanol–water partition coefficient (Wildman–Crippen LogP) is 4.56. The first-order valence-electron chi connectivity index (χ1n) is 13.6. The number of nitrogens with zero attached hydrogens (tertiary/aromatic N) is 4. The highest BCUT2D eigenvalue weighted by Crippen LogP contribution is 2.60. The molecule has 5 aliphatic rings. The van der Waals surface area contributed by atoms with Gasteiger partial charge >= 0.3 is 0 Å². The van der Waals surface area contributed by atoms with Gasteiger partial charge in [-0.05, 0) is 86.3 Å². The van der Waals surface area contributed by atoms with Crippen molar-refractivity contribution in [1.82, 2.24) is 25.2 Å². The van der Waals surface area contributed by atoms with Crippen molar-refractivity contribution in [2.75, 3.05) is 18.4 Å². The second-order valence-corrected chi connectivity index (χ2v) is 12.8. The van der Waals surface area contributed by atoms with Crippen molar-refractivity contribution < 1.29 is 14.0 Å². The zero-order valence-electron chi connectivity index (χ0n) is 21.3. The predicted molar refractivity (Wildman–Crippen MR) is 142 cm³/mol. The van der Waals surface area contributed by atoms with Gasteiger partial charge in [-0.25, -0.2) is 14.4 Å². The van der Waals surface area contributed by atoms with Crippen molar-refractivity contribution in [2.24, 2.45) is 23.2 Å². The van der Waals surface area contributed by atoms with Crippen LogP contribution in [-0.2, 0) is 4.79 Å². The highest BCUT2D eigenvalue weighted by molar-refractivity contribution is 7.17. The third-order valence-corrected chi connectivity index (χ3v) is 10.0. The fraction of sp³-hybridized carbons (Fsp3) is 0.536. The Morgan fingerprint density at radius 1 is 1.11 bits per heavy atom. The Morgan fingerprint density at radius 2 is 1.82 bits per heavy atom. The van der Waals surface area contributed by atoms with Gasteiger partial charge < -0.3 is 15.5 Å². The maximum atomic E-state index is 13.6. The normalized spacial score (nSPS) is 28.8. The molecular formula is C28H31FN6O2S. The van der Waals surface area contributed by atoms with E-state index in [0.29, 0.717) is 35.8 Å². The van der Waals surface area contributed by atoms with Crippen LogP contribution >= 0.6 is 11.3 Å². The molecule has 0 aromatic carbocycles. The lowest BCUT2D eigenvalue weighted by Crippen LogP contribution is -2.64. The van der Waals surface area contributed by atoms with Gasteiger partial charge in [-0.15, -0.1) is 11.3 Å². The molecule has 38 heavy (non-hydrogen) atoms. The Morgan fingerprint density at radius 3 is 2.50 bits per heavy atom. The molecule has 1 aliphatic heterocycles. The van der Waals surface area contributed by atoms with Gasteiger partial charge in [0.1, 0.15) is 5.82 Å². The molecule has 5 fully saturated rings. The Balaban J connectivity index is 1.03. The summed E-state index contributed by atoms with van der Waals surface area (Å²) in [7, 11) is 0. The van der Waals surface area contributed by atoms with Gasteiger partial charge in [0, 0.05) is 24.7 Å². The number of thiophene rings is 1. The van der Waals surface area contributed by atoms with E-state index >= 15 is 0 Å². The number of anilines is 1. The molecular weight excluding hydrogens is 503 g/mol. The van der Waals surface area contributed by atoms with Crippen LogP contribution in [0.2, 0.25) is 0 Å². The molecule has 198 valence electrons. The number of carbonyl (C=O) groups is 2. The zero-order chi connectivity index (χ0) is 26.0. The highest BCUT2D eigenvalue weighted by Gasteiger charge is 2.55. The van der Waals surface area contributed by atoms with Crippen LogP contribution in [0.1, 0.15) is 67.5 Å². The van der Waals surface area contributed by atoms with Crippen molar-refractivity contribution in [1.29, 1.82) is 0 Å². The van der Waals surface area contributed by atoms with Crippen LogP contribution in [0.15, 0.2) is 29.9 Å². The van der Waals surface area contributed by atoms with E-state index in [9.17, 15) is 14.0 Å². The lowest BCUT2D eigenvalue weighted by molar-refractivity contribution is -0.148. The standard InChI is InChI=1S/C28H31FN6O2S/c1-15(19-7-20(29)12-30-11-19)31-27-33-22-2-3-38-24(22)23(34-27)25(36)35-13-21(14-35)32-26(37)28-8-16-4-17(9-28)6-18(5-16)10-28/h2-3,7,11-12,15-18,21H,4-6,8-10,13-14H2,1H3,(H,32,37)(H,31,33,34). The molecule has 1 atom stereocenters. The minimum Gasteiger partial charge on any atom is -0.349 e. The van der Waals surface area contributed by atoms with E-state index in [1.54, 1.807) is 11.1 Å². The molecule has 8 nitrogen and oxygen atoms in total. The number of hydrogen-bond donors (Lipinski definition) is 2. The maximum absolute atomic E-state index is 13.6. The molecule has 0 spiro atoms. The minimum absolute atomic E-state index is 0.0155. The fourth-order valence-electron chi connectivity index (χ4n) is 7.63. The SMILES string of the molecule is CC(Nc1nc(C(=O)N2CC(NC(=O)C34CC5CC(CC(C5)C3)C4)C2)c2sccc2n1)c1cncc(F)c1. The first kappa shape index (κ1) is 23.9. The monoisotopic (exact) mass is 534 g/mol. The van der Waals surface area contributed by atoms with Gasteiger partial charge in [0.15, 0.2) is 5.69 Å². The molecule has 4 bridgehead atoms. The zero-order valence-corrected chi connectivity index (χ0v) is 22.1. The first-order valence-corrected chi connectivity index (χ1v) is 14.5. The summed E-state index contributed by atoms with van der Waals surface area (Å²) < 4.78 is 14.4. The maximum Gasteiger partial charge on any atom is 0.274 e. The Hall–Kier alpha value is -3.14. The van der Waals surface area contributed by atoms with E-state index in [-0.39, 0.29) is 29.3 Å². The van der Waals surface area contributed by atoms with Gasteiger partial charge in [-0.1, -0.05) is 0 Å². The summed E-state index contributed by atoms with van der Waals surface area (Å²) in [4.78, 5) is 41.7. The molecule has 3 aromatic heterocycles.